The summed E-state index contributed by atoms with van der Waals surface area (Å²) in [6.07, 6.45) is 0. The van der Waals surface area contributed by atoms with Crippen LogP contribution < -0.4 is 10.6 Å². The topological polar surface area (TPSA) is 60.7 Å². The van der Waals surface area contributed by atoms with Gasteiger partial charge < -0.3 is 10.6 Å². The smallest absolute Gasteiger partial charge is 0.144 e. The number of fused-ring (bicyclic) bond motifs is 1. The average molecular weight is 226 g/mol. The molecule has 0 aliphatic carbocycles. The number of likely N-dealkylation sites (N-methyl/N-ethyl adjacent to an activating group) is 1. The van der Waals surface area contributed by atoms with Gasteiger partial charge in [-0.05, 0) is 19.2 Å². The number of nitriles is 1. The van der Waals surface area contributed by atoms with Gasteiger partial charge in [0.2, 0.25) is 0 Å². The molecule has 4 heteroatoms. The summed E-state index contributed by atoms with van der Waals surface area (Å²) >= 11 is 0. The molecule has 0 amide bonds. The molecule has 86 valence electrons. The van der Waals surface area contributed by atoms with Crippen molar-refractivity contribution in [2.75, 3.05) is 25.5 Å². The monoisotopic (exact) mass is 226 g/mol. The molecule has 1 heterocycles. The van der Waals surface area contributed by atoms with Gasteiger partial charge in [0, 0.05) is 18.5 Å². The zero-order valence-corrected chi connectivity index (χ0v) is 9.70. The molecule has 0 aliphatic rings. The standard InChI is InChI=1S/C13H14N4/c1-15-6-7-16-13-11(9-14)8-10-4-2-3-5-12(10)17-13/h2-5,8,15H,6-7H2,1H3,(H,16,17). The number of hydrogen-bond donors (Lipinski definition) is 2. The zero-order chi connectivity index (χ0) is 12.1. The van der Waals surface area contributed by atoms with E-state index in [1.807, 2.05) is 37.4 Å². The van der Waals surface area contributed by atoms with Crippen molar-refractivity contribution in [3.8, 4) is 6.07 Å². The normalized spacial score (nSPS) is 10.1. The lowest BCUT2D eigenvalue weighted by atomic mass is 10.1. The van der Waals surface area contributed by atoms with Crippen molar-refractivity contribution in [2.24, 2.45) is 0 Å². The van der Waals surface area contributed by atoms with Gasteiger partial charge in [-0.3, -0.25) is 0 Å². The number of rotatable bonds is 4. The third-order valence-electron chi connectivity index (χ3n) is 2.51. The summed E-state index contributed by atoms with van der Waals surface area (Å²) in [4.78, 5) is 4.46. The molecule has 0 unspecified atom stereocenters. The fourth-order valence-corrected chi connectivity index (χ4v) is 1.64. The van der Waals surface area contributed by atoms with E-state index in [-0.39, 0.29) is 0 Å². The Balaban J connectivity index is 2.36. The Morgan fingerprint density at radius 3 is 2.88 bits per heavy atom. The molecule has 1 aromatic heterocycles. The van der Waals surface area contributed by atoms with Crippen LogP contribution in [0, 0.1) is 11.3 Å². The Labute approximate surface area is 100 Å². The van der Waals surface area contributed by atoms with E-state index in [1.165, 1.54) is 0 Å². The van der Waals surface area contributed by atoms with Crippen LogP contribution in [0.1, 0.15) is 5.56 Å². The molecule has 0 saturated heterocycles. The van der Waals surface area contributed by atoms with Crippen LogP contribution in [0.3, 0.4) is 0 Å². The van der Waals surface area contributed by atoms with E-state index in [1.54, 1.807) is 0 Å². The number of nitrogens with zero attached hydrogens (tertiary/aromatic N) is 2. The van der Waals surface area contributed by atoms with Crippen LogP contribution in [0.2, 0.25) is 0 Å². The number of anilines is 1. The van der Waals surface area contributed by atoms with Gasteiger partial charge in [0.15, 0.2) is 0 Å². The molecule has 1 aromatic carbocycles. The molecule has 4 nitrogen and oxygen atoms in total. The van der Waals surface area contributed by atoms with E-state index >= 15 is 0 Å². The molecule has 2 aromatic rings. The number of aromatic nitrogens is 1. The molecular weight excluding hydrogens is 212 g/mol. The molecular formula is C13H14N4. The first-order valence-electron chi connectivity index (χ1n) is 5.53. The highest BCUT2D eigenvalue weighted by molar-refractivity contribution is 5.82. The quantitative estimate of drug-likeness (QED) is 0.779. The zero-order valence-electron chi connectivity index (χ0n) is 9.70. The molecule has 0 saturated carbocycles. The van der Waals surface area contributed by atoms with Gasteiger partial charge in [-0.1, -0.05) is 18.2 Å². The number of para-hydroxylation sites is 1. The molecule has 0 spiro atoms. The second-order valence-electron chi connectivity index (χ2n) is 3.72. The number of pyridine rings is 1. The number of benzene rings is 1. The maximum atomic E-state index is 9.09. The van der Waals surface area contributed by atoms with Crippen LogP contribution >= 0.6 is 0 Å². The van der Waals surface area contributed by atoms with Crippen LogP contribution in [-0.2, 0) is 0 Å². The van der Waals surface area contributed by atoms with Gasteiger partial charge in [0.25, 0.3) is 0 Å². The molecule has 0 fully saturated rings. The predicted molar refractivity (Wildman–Crippen MR) is 68.9 cm³/mol. The largest absolute Gasteiger partial charge is 0.368 e. The van der Waals surface area contributed by atoms with Crippen molar-refractivity contribution in [1.82, 2.24) is 10.3 Å². The first-order chi connectivity index (χ1) is 8.35. The first-order valence-corrected chi connectivity index (χ1v) is 5.53. The van der Waals surface area contributed by atoms with Crippen molar-refractivity contribution in [2.45, 2.75) is 0 Å². The first kappa shape index (κ1) is 11.4. The third kappa shape index (κ3) is 2.52. The second kappa shape index (κ2) is 5.28. The van der Waals surface area contributed by atoms with Gasteiger partial charge in [-0.15, -0.1) is 0 Å². The summed E-state index contributed by atoms with van der Waals surface area (Å²) in [7, 11) is 1.89. The average Bonchev–Trinajstić information content (AvgIpc) is 2.38. The Bertz CT molecular complexity index is 557. The Morgan fingerprint density at radius 2 is 2.12 bits per heavy atom. The third-order valence-corrected chi connectivity index (χ3v) is 2.51. The van der Waals surface area contributed by atoms with E-state index in [0.29, 0.717) is 11.4 Å². The van der Waals surface area contributed by atoms with Gasteiger partial charge >= 0.3 is 0 Å². The lowest BCUT2D eigenvalue weighted by Crippen LogP contribution is -2.18. The lowest BCUT2D eigenvalue weighted by molar-refractivity contribution is 0.821. The Hall–Kier alpha value is -2.12. The van der Waals surface area contributed by atoms with E-state index in [0.717, 1.165) is 24.0 Å². The van der Waals surface area contributed by atoms with Crippen molar-refractivity contribution >= 4 is 16.7 Å². The van der Waals surface area contributed by atoms with Crippen LogP contribution in [0.15, 0.2) is 30.3 Å². The minimum absolute atomic E-state index is 0.583. The van der Waals surface area contributed by atoms with Gasteiger partial charge in [0.1, 0.15) is 11.9 Å². The Kier molecular flexibility index (Phi) is 3.53. The fourth-order valence-electron chi connectivity index (χ4n) is 1.64. The number of nitrogens with one attached hydrogen (secondary N) is 2. The molecule has 2 N–H and O–H groups in total. The summed E-state index contributed by atoms with van der Waals surface area (Å²) < 4.78 is 0. The van der Waals surface area contributed by atoms with Crippen LogP contribution in [-0.4, -0.2) is 25.1 Å². The summed E-state index contributed by atoms with van der Waals surface area (Å²) in [5, 5.41) is 16.3. The molecule has 0 atom stereocenters. The van der Waals surface area contributed by atoms with Crippen LogP contribution in [0.4, 0.5) is 5.82 Å². The molecule has 2 rings (SSSR count). The van der Waals surface area contributed by atoms with Crippen molar-refractivity contribution < 1.29 is 0 Å². The van der Waals surface area contributed by atoms with Crippen LogP contribution in [0.5, 0.6) is 0 Å². The summed E-state index contributed by atoms with van der Waals surface area (Å²) in [5.41, 5.74) is 1.48. The lowest BCUT2D eigenvalue weighted by Gasteiger charge is -2.08. The second-order valence-corrected chi connectivity index (χ2v) is 3.72. The molecule has 0 radical (unpaired) electrons. The van der Waals surface area contributed by atoms with E-state index in [4.69, 9.17) is 5.26 Å². The molecule has 0 bridgehead atoms. The van der Waals surface area contributed by atoms with Crippen molar-refractivity contribution in [1.29, 1.82) is 5.26 Å². The van der Waals surface area contributed by atoms with E-state index in [2.05, 4.69) is 21.7 Å². The van der Waals surface area contributed by atoms with Gasteiger partial charge in [-0.2, -0.15) is 5.26 Å². The highest BCUT2D eigenvalue weighted by Gasteiger charge is 2.05. The van der Waals surface area contributed by atoms with E-state index in [9.17, 15) is 0 Å². The van der Waals surface area contributed by atoms with Crippen molar-refractivity contribution in [3.05, 3.63) is 35.9 Å². The summed E-state index contributed by atoms with van der Waals surface area (Å²) in [5.74, 6) is 0.654. The maximum Gasteiger partial charge on any atom is 0.144 e. The highest BCUT2D eigenvalue weighted by Crippen LogP contribution is 2.19. The predicted octanol–water partition coefficient (Wildman–Crippen LogP) is 1.74. The Morgan fingerprint density at radius 1 is 1.29 bits per heavy atom. The summed E-state index contributed by atoms with van der Waals surface area (Å²) in [6.45, 7) is 1.58. The number of hydrogen-bond acceptors (Lipinski definition) is 4. The minimum atomic E-state index is 0.583. The molecule has 17 heavy (non-hydrogen) atoms. The van der Waals surface area contributed by atoms with Crippen LogP contribution in [0.25, 0.3) is 10.9 Å². The van der Waals surface area contributed by atoms with E-state index < -0.39 is 0 Å². The fraction of sp³-hybridized carbons (Fsp3) is 0.231. The van der Waals surface area contributed by atoms with Gasteiger partial charge in [0.05, 0.1) is 11.1 Å². The maximum absolute atomic E-state index is 9.09. The van der Waals surface area contributed by atoms with Gasteiger partial charge in [-0.25, -0.2) is 4.98 Å². The van der Waals surface area contributed by atoms with Crippen molar-refractivity contribution in [3.63, 3.8) is 0 Å². The highest BCUT2D eigenvalue weighted by atomic mass is 15.0. The molecule has 0 aliphatic heterocycles. The SMILES string of the molecule is CNCCNc1nc2ccccc2cc1C#N. The minimum Gasteiger partial charge on any atom is -0.368 e. The summed E-state index contributed by atoms with van der Waals surface area (Å²) in [6, 6.07) is 11.8.